The zero-order chi connectivity index (χ0) is 10.1. The molecule has 0 spiro atoms. The molecule has 0 N–H and O–H groups in total. The predicted octanol–water partition coefficient (Wildman–Crippen LogP) is 1.24. The van der Waals surface area contributed by atoms with E-state index in [4.69, 9.17) is 4.74 Å². The van der Waals surface area contributed by atoms with Gasteiger partial charge in [-0.3, -0.25) is 0 Å². The molecule has 1 nitrogen and oxygen atoms in total. The Balaban J connectivity index is 3.86. The maximum atomic E-state index is 5.92. The van der Waals surface area contributed by atoms with Gasteiger partial charge in [0.2, 0.25) is 0 Å². The van der Waals surface area contributed by atoms with Crippen molar-refractivity contribution >= 4 is 19.0 Å². The van der Waals surface area contributed by atoms with Crippen molar-refractivity contribution in [3.8, 4) is 0 Å². The van der Waals surface area contributed by atoms with E-state index in [1.54, 1.807) is 0 Å². The highest BCUT2D eigenvalue weighted by Crippen LogP contribution is 2.02. The minimum Gasteiger partial charge on any atom is -0.375 e. The summed E-state index contributed by atoms with van der Waals surface area (Å²) in [5, 5.41) is 0. The molecule has 0 heterocycles. The zero-order valence-electron chi connectivity index (χ0n) is 8.96. The first kappa shape index (κ1) is 12.9. The van der Waals surface area contributed by atoms with E-state index in [-0.39, 0.29) is 19.0 Å². The van der Waals surface area contributed by atoms with E-state index in [1.165, 1.54) is 12.1 Å². The van der Waals surface area contributed by atoms with Crippen LogP contribution in [0.4, 0.5) is 0 Å². The van der Waals surface area contributed by atoms with Gasteiger partial charge in [-0.25, -0.2) is 0 Å². The van der Waals surface area contributed by atoms with Gasteiger partial charge in [0.05, 0.1) is 30.5 Å². The maximum Gasteiger partial charge on any atom is 0.0602 e. The molecule has 0 aromatic heterocycles. The van der Waals surface area contributed by atoms with Crippen LogP contribution in [0.1, 0.15) is 13.8 Å². The van der Waals surface area contributed by atoms with E-state index in [0.29, 0.717) is 11.5 Å². The lowest BCUT2D eigenvalue weighted by molar-refractivity contribution is 0.132. The fourth-order valence-corrected chi connectivity index (χ4v) is 3.92. The van der Waals surface area contributed by atoms with Gasteiger partial charge in [-0.2, -0.15) is 0 Å². The molecule has 3 heteroatoms. The molecule has 0 saturated heterocycles. The SMILES string of the molecule is C=CC(OC(C=C)[SiH2]CC)[SiH2]CC. The third-order valence-corrected chi connectivity index (χ3v) is 5.37. The van der Waals surface area contributed by atoms with Crippen molar-refractivity contribution in [3.05, 3.63) is 25.3 Å². The summed E-state index contributed by atoms with van der Waals surface area (Å²) in [6, 6.07) is 2.57. The Labute approximate surface area is 86.9 Å². The van der Waals surface area contributed by atoms with E-state index in [0.717, 1.165) is 0 Å². The molecule has 0 amide bonds. The number of rotatable bonds is 8. The smallest absolute Gasteiger partial charge is 0.0602 e. The van der Waals surface area contributed by atoms with Crippen LogP contribution in [0.25, 0.3) is 0 Å². The van der Waals surface area contributed by atoms with Crippen molar-refractivity contribution in [2.45, 2.75) is 37.4 Å². The van der Waals surface area contributed by atoms with Gasteiger partial charge in [0.15, 0.2) is 0 Å². The lowest BCUT2D eigenvalue weighted by Crippen LogP contribution is -2.27. The molecule has 0 aliphatic rings. The van der Waals surface area contributed by atoms with Crippen LogP contribution in [-0.2, 0) is 4.74 Å². The second kappa shape index (κ2) is 8.47. The molecular formula is C10H22OSi2. The van der Waals surface area contributed by atoms with Gasteiger partial charge in [-0.15, -0.1) is 13.2 Å². The third kappa shape index (κ3) is 6.01. The Morgan fingerprint density at radius 3 is 1.69 bits per heavy atom. The van der Waals surface area contributed by atoms with Crippen LogP contribution < -0.4 is 0 Å². The minimum absolute atomic E-state index is 0.0993. The quantitative estimate of drug-likeness (QED) is 0.436. The summed E-state index contributed by atoms with van der Waals surface area (Å²) in [5.74, 6) is 0. The van der Waals surface area contributed by atoms with Crippen LogP contribution in [0.2, 0.25) is 12.1 Å². The monoisotopic (exact) mass is 214 g/mol. The summed E-state index contributed by atoms with van der Waals surface area (Å²) in [6.45, 7) is 12.1. The molecule has 0 aromatic rings. The Hall–Kier alpha value is -0.126. The molecule has 0 aromatic carbocycles. The van der Waals surface area contributed by atoms with Crippen molar-refractivity contribution < 1.29 is 4.74 Å². The van der Waals surface area contributed by atoms with Crippen LogP contribution in [0.5, 0.6) is 0 Å². The maximum absolute atomic E-state index is 5.92. The Bertz CT molecular complexity index is 132. The van der Waals surface area contributed by atoms with Gasteiger partial charge in [0.1, 0.15) is 0 Å². The standard InChI is InChI=1S/C10H22OSi2/c1-5-9(12-7-3)11-10(6-2)13-8-4/h5-6,9-10H,1-2,7-8,12-13H2,3-4H3. The number of hydrogen-bond donors (Lipinski definition) is 0. The summed E-state index contributed by atoms with van der Waals surface area (Å²) in [4.78, 5) is 0. The van der Waals surface area contributed by atoms with Crippen molar-refractivity contribution in [1.82, 2.24) is 0 Å². The highest BCUT2D eigenvalue weighted by atomic mass is 28.2. The van der Waals surface area contributed by atoms with Gasteiger partial charge >= 0.3 is 0 Å². The molecule has 2 unspecified atom stereocenters. The van der Waals surface area contributed by atoms with Gasteiger partial charge < -0.3 is 4.74 Å². The topological polar surface area (TPSA) is 9.23 Å². The highest BCUT2D eigenvalue weighted by Gasteiger charge is 2.09. The number of ether oxygens (including phenoxy) is 1. The van der Waals surface area contributed by atoms with Crippen LogP contribution in [-0.4, -0.2) is 30.5 Å². The molecule has 0 fully saturated rings. The predicted molar refractivity (Wildman–Crippen MR) is 67.1 cm³/mol. The van der Waals surface area contributed by atoms with Crippen molar-refractivity contribution in [2.75, 3.05) is 0 Å². The molecule has 13 heavy (non-hydrogen) atoms. The van der Waals surface area contributed by atoms with Gasteiger partial charge in [0.25, 0.3) is 0 Å². The van der Waals surface area contributed by atoms with E-state index in [9.17, 15) is 0 Å². The lowest BCUT2D eigenvalue weighted by atomic mass is 10.6. The second-order valence-electron chi connectivity index (χ2n) is 3.26. The first-order valence-corrected chi connectivity index (χ1v) is 8.82. The van der Waals surface area contributed by atoms with Crippen LogP contribution in [0.3, 0.4) is 0 Å². The molecule has 0 radical (unpaired) electrons. The zero-order valence-corrected chi connectivity index (χ0v) is 11.8. The summed E-state index contributed by atoms with van der Waals surface area (Å²) in [5.41, 5.74) is 0.735. The fraction of sp³-hybridized carbons (Fsp3) is 0.600. The molecule has 76 valence electrons. The normalized spacial score (nSPS) is 16.8. The molecule has 0 aliphatic carbocycles. The van der Waals surface area contributed by atoms with Gasteiger partial charge in [0, 0.05) is 0 Å². The summed E-state index contributed by atoms with van der Waals surface area (Å²) < 4.78 is 5.92. The van der Waals surface area contributed by atoms with E-state index in [1.807, 2.05) is 12.2 Å². The number of hydrogen-bond acceptors (Lipinski definition) is 1. The average molecular weight is 214 g/mol. The second-order valence-corrected chi connectivity index (χ2v) is 8.03. The van der Waals surface area contributed by atoms with E-state index < -0.39 is 0 Å². The van der Waals surface area contributed by atoms with Gasteiger partial charge in [-0.1, -0.05) is 38.1 Å². The lowest BCUT2D eigenvalue weighted by Gasteiger charge is -2.19. The summed E-state index contributed by atoms with van der Waals surface area (Å²) in [7, 11) is -0.199. The minimum atomic E-state index is -0.0993. The van der Waals surface area contributed by atoms with Gasteiger partial charge in [-0.05, 0) is 0 Å². The molecular weight excluding hydrogens is 192 g/mol. The Kier molecular flexibility index (Phi) is 8.39. The van der Waals surface area contributed by atoms with Crippen LogP contribution >= 0.6 is 0 Å². The molecule has 2 atom stereocenters. The Morgan fingerprint density at radius 2 is 1.46 bits per heavy atom. The molecule has 0 saturated carbocycles. The fourth-order valence-electron chi connectivity index (χ4n) is 1.28. The van der Waals surface area contributed by atoms with Crippen molar-refractivity contribution in [1.29, 1.82) is 0 Å². The summed E-state index contributed by atoms with van der Waals surface area (Å²) in [6.07, 6.45) is 3.94. The first-order chi connectivity index (χ1) is 6.28. The highest BCUT2D eigenvalue weighted by molar-refractivity contribution is 6.39. The molecule has 0 bridgehead atoms. The van der Waals surface area contributed by atoms with Crippen LogP contribution in [0.15, 0.2) is 25.3 Å². The average Bonchev–Trinajstić information content (AvgIpc) is 2.16. The molecule has 0 aliphatic heterocycles. The largest absolute Gasteiger partial charge is 0.375 e. The first-order valence-electron chi connectivity index (χ1n) is 5.19. The Morgan fingerprint density at radius 1 is 1.08 bits per heavy atom. The van der Waals surface area contributed by atoms with E-state index >= 15 is 0 Å². The van der Waals surface area contributed by atoms with Crippen LogP contribution in [0, 0.1) is 0 Å². The third-order valence-electron chi connectivity index (χ3n) is 2.02. The van der Waals surface area contributed by atoms with Crippen molar-refractivity contribution in [2.24, 2.45) is 0 Å². The van der Waals surface area contributed by atoms with E-state index in [2.05, 4.69) is 27.0 Å². The van der Waals surface area contributed by atoms with Crippen molar-refractivity contribution in [3.63, 3.8) is 0 Å². The molecule has 0 rings (SSSR count). The summed E-state index contributed by atoms with van der Waals surface area (Å²) >= 11 is 0.